The van der Waals surface area contributed by atoms with Crippen LogP contribution in [0.25, 0.3) is 16.9 Å². The highest BCUT2D eigenvalue weighted by Gasteiger charge is 2.18. The minimum atomic E-state index is -0.147. The van der Waals surface area contributed by atoms with E-state index in [9.17, 15) is 4.79 Å². The van der Waals surface area contributed by atoms with Gasteiger partial charge in [-0.1, -0.05) is 48.0 Å². The average molecular weight is 425 g/mol. The molecular weight excluding hydrogens is 400 g/mol. The highest BCUT2D eigenvalue weighted by atomic mass is 35.5. The fourth-order valence-corrected chi connectivity index (χ4v) is 3.70. The van der Waals surface area contributed by atoms with Gasteiger partial charge in [-0.05, 0) is 37.2 Å². The van der Waals surface area contributed by atoms with Gasteiger partial charge in [0, 0.05) is 30.2 Å². The lowest BCUT2D eigenvalue weighted by Gasteiger charge is -2.26. The second-order valence-corrected chi connectivity index (χ2v) is 7.67. The van der Waals surface area contributed by atoms with Crippen molar-refractivity contribution in [2.45, 2.75) is 6.42 Å². The highest BCUT2D eigenvalue weighted by Crippen LogP contribution is 2.23. The zero-order valence-corrected chi connectivity index (χ0v) is 17.5. The predicted molar refractivity (Wildman–Crippen MR) is 118 cm³/mol. The van der Waals surface area contributed by atoms with Crippen LogP contribution in [0.15, 0.2) is 60.7 Å². The van der Waals surface area contributed by atoms with Crippen LogP contribution in [0.2, 0.25) is 5.02 Å². The third kappa shape index (κ3) is 5.08. The largest absolute Gasteiger partial charge is 0.379 e. The summed E-state index contributed by atoms with van der Waals surface area (Å²) in [4.78, 5) is 15.3. The van der Waals surface area contributed by atoms with E-state index in [1.54, 1.807) is 16.8 Å². The van der Waals surface area contributed by atoms with Crippen molar-refractivity contribution in [3.05, 3.63) is 71.4 Å². The van der Waals surface area contributed by atoms with Gasteiger partial charge >= 0.3 is 0 Å². The van der Waals surface area contributed by atoms with Crippen LogP contribution >= 0.6 is 11.6 Å². The smallest absolute Gasteiger partial charge is 0.270 e. The topological polar surface area (TPSA) is 59.4 Å². The molecule has 2 aromatic carbocycles. The van der Waals surface area contributed by atoms with E-state index in [-0.39, 0.29) is 5.91 Å². The van der Waals surface area contributed by atoms with Gasteiger partial charge in [0.2, 0.25) is 0 Å². The molecule has 1 aromatic heterocycles. The molecule has 0 bridgehead atoms. The predicted octanol–water partition coefficient (Wildman–Crippen LogP) is 3.64. The Bertz CT molecular complexity index is 984. The Kier molecular flexibility index (Phi) is 6.79. The first kappa shape index (κ1) is 20.6. The van der Waals surface area contributed by atoms with Gasteiger partial charge in [0.05, 0.1) is 24.6 Å². The molecule has 0 unspecified atom stereocenters. The second-order valence-electron chi connectivity index (χ2n) is 7.24. The van der Waals surface area contributed by atoms with Crippen molar-refractivity contribution < 1.29 is 9.53 Å². The van der Waals surface area contributed by atoms with Crippen LogP contribution in [-0.2, 0) is 4.74 Å². The number of benzene rings is 2. The van der Waals surface area contributed by atoms with Crippen molar-refractivity contribution in [2.75, 3.05) is 39.4 Å². The summed E-state index contributed by atoms with van der Waals surface area (Å²) in [5, 5.41) is 8.33. The van der Waals surface area contributed by atoms with Crippen LogP contribution < -0.4 is 5.32 Å². The van der Waals surface area contributed by atoms with Crippen LogP contribution in [0.3, 0.4) is 0 Å². The number of hydrogen-bond acceptors (Lipinski definition) is 4. The van der Waals surface area contributed by atoms with Crippen LogP contribution in [0, 0.1) is 0 Å². The summed E-state index contributed by atoms with van der Waals surface area (Å²) >= 11 is 6.17. The lowest BCUT2D eigenvalue weighted by atomic mass is 10.1. The summed E-state index contributed by atoms with van der Waals surface area (Å²) in [5.41, 5.74) is 2.94. The lowest BCUT2D eigenvalue weighted by Crippen LogP contribution is -2.38. The third-order valence-corrected chi connectivity index (χ3v) is 5.34. The zero-order valence-electron chi connectivity index (χ0n) is 16.8. The number of nitrogens with one attached hydrogen (secondary N) is 1. The second kappa shape index (κ2) is 9.89. The molecule has 1 saturated heterocycles. The number of amides is 1. The Labute approximate surface area is 181 Å². The molecular formula is C23H25ClN4O2. The molecule has 1 amide bonds. The van der Waals surface area contributed by atoms with Crippen molar-refractivity contribution >= 4 is 17.5 Å². The molecule has 0 radical (unpaired) electrons. The number of morpholine rings is 1. The van der Waals surface area contributed by atoms with Crippen molar-refractivity contribution in [3.63, 3.8) is 0 Å². The first-order chi connectivity index (χ1) is 14.7. The molecule has 7 heteroatoms. The molecule has 0 atom stereocenters. The molecule has 0 saturated carbocycles. The summed E-state index contributed by atoms with van der Waals surface area (Å²) in [6, 6.07) is 19.0. The standard InChI is InChI=1S/C23H25ClN4O2/c24-19-8-4-9-20(16-19)28-22(17-21(26-28)18-6-2-1-3-7-18)23(29)25-10-5-11-27-12-14-30-15-13-27/h1-4,6-9,16-17H,5,10-15H2,(H,25,29). The van der Waals surface area contributed by atoms with Crippen molar-refractivity contribution in [1.29, 1.82) is 0 Å². The van der Waals surface area contributed by atoms with Gasteiger partial charge in [-0.3, -0.25) is 9.69 Å². The molecule has 156 valence electrons. The minimum Gasteiger partial charge on any atom is -0.379 e. The fourth-order valence-electron chi connectivity index (χ4n) is 3.52. The molecule has 3 aromatic rings. The van der Waals surface area contributed by atoms with Gasteiger partial charge in [-0.25, -0.2) is 4.68 Å². The Morgan fingerprint density at radius 2 is 1.87 bits per heavy atom. The van der Waals surface area contributed by atoms with Crippen molar-refractivity contribution in [3.8, 4) is 16.9 Å². The van der Waals surface area contributed by atoms with E-state index in [1.165, 1.54) is 0 Å². The summed E-state index contributed by atoms with van der Waals surface area (Å²) in [5.74, 6) is -0.147. The van der Waals surface area contributed by atoms with E-state index in [1.807, 2.05) is 48.5 Å². The number of aromatic nitrogens is 2. The first-order valence-electron chi connectivity index (χ1n) is 10.2. The van der Waals surface area contributed by atoms with Gasteiger partial charge < -0.3 is 10.1 Å². The quantitative estimate of drug-likeness (QED) is 0.588. The number of hydrogen-bond donors (Lipinski definition) is 1. The van der Waals surface area contributed by atoms with Gasteiger partial charge in [-0.15, -0.1) is 0 Å². The maximum absolute atomic E-state index is 13.0. The summed E-state index contributed by atoms with van der Waals surface area (Å²) in [7, 11) is 0. The van der Waals surface area contributed by atoms with Crippen molar-refractivity contribution in [2.24, 2.45) is 0 Å². The lowest BCUT2D eigenvalue weighted by molar-refractivity contribution is 0.0374. The minimum absolute atomic E-state index is 0.147. The number of nitrogens with zero attached hydrogens (tertiary/aromatic N) is 3. The molecule has 30 heavy (non-hydrogen) atoms. The maximum atomic E-state index is 13.0. The van der Waals surface area contributed by atoms with E-state index in [0.29, 0.717) is 17.3 Å². The molecule has 2 heterocycles. The van der Waals surface area contributed by atoms with Gasteiger partial charge in [0.15, 0.2) is 0 Å². The highest BCUT2D eigenvalue weighted by molar-refractivity contribution is 6.30. The molecule has 1 aliphatic heterocycles. The number of rotatable bonds is 7. The fraction of sp³-hybridized carbons (Fsp3) is 0.304. The van der Waals surface area contributed by atoms with Crippen LogP contribution in [0.4, 0.5) is 0 Å². The van der Waals surface area contributed by atoms with E-state index in [2.05, 4.69) is 15.3 Å². The molecule has 0 spiro atoms. The van der Waals surface area contributed by atoms with Gasteiger partial charge in [0.25, 0.3) is 5.91 Å². The molecule has 4 rings (SSSR count). The molecule has 1 aliphatic rings. The monoisotopic (exact) mass is 424 g/mol. The zero-order chi connectivity index (χ0) is 20.8. The van der Waals surface area contributed by atoms with Crippen LogP contribution in [0.1, 0.15) is 16.9 Å². The number of ether oxygens (including phenoxy) is 1. The Morgan fingerprint density at radius 1 is 1.07 bits per heavy atom. The van der Waals surface area contributed by atoms with E-state index >= 15 is 0 Å². The van der Waals surface area contributed by atoms with Gasteiger partial charge in [0.1, 0.15) is 5.69 Å². The van der Waals surface area contributed by atoms with Crippen LogP contribution in [-0.4, -0.2) is 60.0 Å². The average Bonchev–Trinajstić information content (AvgIpc) is 3.24. The van der Waals surface area contributed by atoms with E-state index in [0.717, 1.165) is 56.2 Å². The summed E-state index contributed by atoms with van der Waals surface area (Å²) in [6.07, 6.45) is 0.891. The van der Waals surface area contributed by atoms with Gasteiger partial charge in [-0.2, -0.15) is 5.10 Å². The number of carbonyl (C=O) groups excluding carboxylic acids is 1. The first-order valence-corrected chi connectivity index (χ1v) is 10.6. The third-order valence-electron chi connectivity index (χ3n) is 5.10. The summed E-state index contributed by atoms with van der Waals surface area (Å²) in [6.45, 7) is 5.04. The number of halogens is 1. The normalized spacial score (nSPS) is 14.6. The molecule has 0 aliphatic carbocycles. The Hall–Kier alpha value is -2.67. The van der Waals surface area contributed by atoms with Crippen LogP contribution in [0.5, 0.6) is 0 Å². The Balaban J connectivity index is 1.50. The van der Waals surface area contributed by atoms with E-state index < -0.39 is 0 Å². The molecule has 1 fully saturated rings. The molecule has 1 N–H and O–H groups in total. The maximum Gasteiger partial charge on any atom is 0.270 e. The van der Waals surface area contributed by atoms with Crippen molar-refractivity contribution in [1.82, 2.24) is 20.0 Å². The Morgan fingerprint density at radius 3 is 2.63 bits per heavy atom. The molecule has 6 nitrogen and oxygen atoms in total. The van der Waals surface area contributed by atoms with E-state index in [4.69, 9.17) is 16.3 Å². The number of carbonyl (C=O) groups is 1. The SMILES string of the molecule is O=C(NCCCN1CCOCC1)c1cc(-c2ccccc2)nn1-c1cccc(Cl)c1. The summed E-state index contributed by atoms with van der Waals surface area (Å²) < 4.78 is 7.03.